The zero-order chi connectivity index (χ0) is 9.90. The fourth-order valence-corrected chi connectivity index (χ4v) is 1.98. The number of thioether (sulfide) groups is 1. The van der Waals surface area contributed by atoms with Crippen molar-refractivity contribution < 1.29 is 8.42 Å². The molecule has 13 heavy (non-hydrogen) atoms. The molecule has 0 aliphatic rings. The summed E-state index contributed by atoms with van der Waals surface area (Å²) in [7, 11) is -3.27. The average molecular weight is 214 g/mol. The molecule has 0 N–H and O–H groups in total. The summed E-state index contributed by atoms with van der Waals surface area (Å²) in [5, 5.41) is 0.959. The smallest absolute Gasteiger partial charge is 0.199 e. The number of benzene rings is 1. The standard InChI is InChI=1S/C9H10O2S2/c1-3-13(10,11)9-6-4-8(12-2)5-7-9/h3-7H,1H2,2H3. The first-order valence-corrected chi connectivity index (χ1v) is 6.39. The second kappa shape index (κ2) is 3.98. The summed E-state index contributed by atoms with van der Waals surface area (Å²) >= 11 is 1.58. The third-order valence-corrected chi connectivity index (χ3v) is 3.72. The molecule has 0 unspecified atom stereocenters. The first-order valence-electron chi connectivity index (χ1n) is 3.62. The highest BCUT2D eigenvalue weighted by atomic mass is 32.2. The fourth-order valence-electron chi connectivity index (χ4n) is 0.862. The molecule has 0 aliphatic carbocycles. The van der Waals surface area contributed by atoms with Gasteiger partial charge in [-0.05, 0) is 30.5 Å². The summed E-state index contributed by atoms with van der Waals surface area (Å²) in [4.78, 5) is 1.34. The molecule has 0 aromatic heterocycles. The molecule has 0 heterocycles. The quantitative estimate of drug-likeness (QED) is 0.724. The van der Waals surface area contributed by atoms with Crippen molar-refractivity contribution in [2.75, 3.05) is 6.26 Å². The van der Waals surface area contributed by atoms with E-state index in [1.54, 1.807) is 36.0 Å². The van der Waals surface area contributed by atoms with Gasteiger partial charge in [-0.25, -0.2) is 8.42 Å². The van der Waals surface area contributed by atoms with Crippen LogP contribution in [0, 0.1) is 0 Å². The van der Waals surface area contributed by atoms with Crippen LogP contribution in [-0.2, 0) is 9.84 Å². The highest BCUT2D eigenvalue weighted by Crippen LogP contribution is 2.18. The van der Waals surface area contributed by atoms with E-state index < -0.39 is 9.84 Å². The van der Waals surface area contributed by atoms with Crippen molar-refractivity contribution in [3.8, 4) is 0 Å². The van der Waals surface area contributed by atoms with Crippen molar-refractivity contribution in [3.05, 3.63) is 36.3 Å². The van der Waals surface area contributed by atoms with E-state index in [1.807, 2.05) is 6.26 Å². The molecule has 0 saturated carbocycles. The van der Waals surface area contributed by atoms with Crippen LogP contribution in [0.25, 0.3) is 0 Å². The largest absolute Gasteiger partial charge is 0.219 e. The Morgan fingerprint density at radius 3 is 2.23 bits per heavy atom. The van der Waals surface area contributed by atoms with E-state index >= 15 is 0 Å². The Morgan fingerprint density at radius 2 is 1.85 bits per heavy atom. The van der Waals surface area contributed by atoms with Crippen molar-refractivity contribution in [3.63, 3.8) is 0 Å². The number of rotatable bonds is 3. The topological polar surface area (TPSA) is 34.1 Å². The predicted molar refractivity (Wildman–Crippen MR) is 55.6 cm³/mol. The van der Waals surface area contributed by atoms with E-state index in [0.717, 1.165) is 10.3 Å². The molecule has 0 saturated heterocycles. The minimum absolute atomic E-state index is 0.292. The molecule has 4 heteroatoms. The monoisotopic (exact) mass is 214 g/mol. The van der Waals surface area contributed by atoms with Gasteiger partial charge >= 0.3 is 0 Å². The van der Waals surface area contributed by atoms with Crippen molar-refractivity contribution in [1.82, 2.24) is 0 Å². The molecule has 2 nitrogen and oxygen atoms in total. The lowest BCUT2D eigenvalue weighted by Crippen LogP contribution is -1.94. The first kappa shape index (κ1) is 10.3. The second-order valence-corrected chi connectivity index (χ2v) is 5.16. The second-order valence-electron chi connectivity index (χ2n) is 2.39. The molecule has 0 aliphatic heterocycles. The molecule has 0 bridgehead atoms. The minimum atomic E-state index is -3.27. The van der Waals surface area contributed by atoms with Crippen LogP contribution in [0.5, 0.6) is 0 Å². The molecule has 70 valence electrons. The minimum Gasteiger partial charge on any atom is -0.219 e. The van der Waals surface area contributed by atoms with E-state index in [1.165, 1.54) is 0 Å². The molecule has 0 atom stereocenters. The van der Waals surface area contributed by atoms with Gasteiger partial charge in [-0.2, -0.15) is 0 Å². The average Bonchev–Trinajstić information content (AvgIpc) is 2.18. The van der Waals surface area contributed by atoms with Crippen LogP contribution in [0.2, 0.25) is 0 Å². The summed E-state index contributed by atoms with van der Waals surface area (Å²) in [5.74, 6) is 0. The van der Waals surface area contributed by atoms with Gasteiger partial charge in [-0.3, -0.25) is 0 Å². The molecule has 0 fully saturated rings. The number of hydrogen-bond acceptors (Lipinski definition) is 3. The Labute approximate surface area is 82.6 Å². The van der Waals surface area contributed by atoms with Gasteiger partial charge in [0, 0.05) is 10.3 Å². The highest BCUT2D eigenvalue weighted by Gasteiger charge is 2.07. The Hall–Kier alpha value is -0.740. The van der Waals surface area contributed by atoms with E-state index in [9.17, 15) is 8.42 Å². The number of hydrogen-bond donors (Lipinski definition) is 0. The Balaban J connectivity index is 3.13. The van der Waals surface area contributed by atoms with E-state index in [0.29, 0.717) is 4.90 Å². The molecule has 0 radical (unpaired) electrons. The van der Waals surface area contributed by atoms with Gasteiger partial charge in [0.15, 0.2) is 9.84 Å². The molecular weight excluding hydrogens is 204 g/mol. The summed E-state index contributed by atoms with van der Waals surface area (Å²) in [5.41, 5.74) is 0. The Kier molecular flexibility index (Phi) is 3.17. The summed E-state index contributed by atoms with van der Waals surface area (Å²) in [6.45, 7) is 3.26. The summed E-state index contributed by atoms with van der Waals surface area (Å²) < 4.78 is 22.6. The molecule has 1 aromatic carbocycles. The van der Waals surface area contributed by atoms with E-state index in [-0.39, 0.29) is 0 Å². The van der Waals surface area contributed by atoms with Crippen LogP contribution in [0.15, 0.2) is 46.0 Å². The van der Waals surface area contributed by atoms with Crippen molar-refractivity contribution in [1.29, 1.82) is 0 Å². The van der Waals surface area contributed by atoms with Crippen molar-refractivity contribution in [2.24, 2.45) is 0 Å². The number of sulfone groups is 1. The third-order valence-electron chi connectivity index (χ3n) is 1.61. The predicted octanol–water partition coefficient (Wildman–Crippen LogP) is 2.33. The van der Waals surface area contributed by atoms with Crippen LogP contribution in [-0.4, -0.2) is 14.7 Å². The first-order chi connectivity index (χ1) is 6.10. The van der Waals surface area contributed by atoms with Gasteiger partial charge in [0.25, 0.3) is 0 Å². The molecule has 0 amide bonds. The SMILES string of the molecule is C=CS(=O)(=O)c1ccc(SC)cc1. The lowest BCUT2D eigenvalue weighted by molar-refractivity contribution is 0.604. The van der Waals surface area contributed by atoms with Gasteiger partial charge in [-0.15, -0.1) is 11.8 Å². The fraction of sp³-hybridized carbons (Fsp3) is 0.111. The van der Waals surface area contributed by atoms with Crippen LogP contribution >= 0.6 is 11.8 Å². The van der Waals surface area contributed by atoms with Crippen molar-refractivity contribution >= 4 is 21.6 Å². The van der Waals surface area contributed by atoms with Crippen LogP contribution in [0.1, 0.15) is 0 Å². The van der Waals surface area contributed by atoms with Crippen LogP contribution in [0.4, 0.5) is 0 Å². The van der Waals surface area contributed by atoms with Gasteiger partial charge in [-0.1, -0.05) is 6.58 Å². The lowest BCUT2D eigenvalue weighted by atomic mass is 10.4. The van der Waals surface area contributed by atoms with E-state index in [4.69, 9.17) is 0 Å². The summed E-state index contributed by atoms with van der Waals surface area (Å²) in [6.07, 6.45) is 1.94. The maximum Gasteiger partial charge on any atom is 0.199 e. The van der Waals surface area contributed by atoms with Crippen LogP contribution in [0.3, 0.4) is 0 Å². The van der Waals surface area contributed by atoms with Gasteiger partial charge in [0.05, 0.1) is 4.90 Å². The van der Waals surface area contributed by atoms with E-state index in [2.05, 4.69) is 6.58 Å². The molecule has 1 rings (SSSR count). The Bertz CT molecular complexity index is 390. The summed E-state index contributed by atoms with van der Waals surface area (Å²) in [6, 6.07) is 6.73. The molecule has 1 aromatic rings. The molecule has 0 spiro atoms. The Morgan fingerprint density at radius 1 is 1.31 bits per heavy atom. The lowest BCUT2D eigenvalue weighted by Gasteiger charge is -1.99. The zero-order valence-electron chi connectivity index (χ0n) is 7.23. The van der Waals surface area contributed by atoms with Crippen LogP contribution < -0.4 is 0 Å². The van der Waals surface area contributed by atoms with Gasteiger partial charge in [0.2, 0.25) is 0 Å². The maximum atomic E-state index is 11.3. The van der Waals surface area contributed by atoms with Crippen molar-refractivity contribution in [2.45, 2.75) is 9.79 Å². The highest BCUT2D eigenvalue weighted by molar-refractivity contribution is 7.98. The van der Waals surface area contributed by atoms with Gasteiger partial charge < -0.3 is 0 Å². The zero-order valence-corrected chi connectivity index (χ0v) is 8.86. The third kappa shape index (κ3) is 2.35. The van der Waals surface area contributed by atoms with Gasteiger partial charge in [0.1, 0.15) is 0 Å². The molecular formula is C9H10O2S2. The normalized spacial score (nSPS) is 11.2. The maximum absolute atomic E-state index is 11.3.